The Labute approximate surface area is 135 Å². The predicted molar refractivity (Wildman–Crippen MR) is 90.6 cm³/mol. The molecule has 1 heterocycles. The molecule has 0 aliphatic carbocycles. The smallest absolute Gasteiger partial charge is 0.119 e. The molecule has 1 aromatic heterocycles. The molecule has 2 aromatic carbocycles. The van der Waals surface area contributed by atoms with Crippen molar-refractivity contribution in [2.45, 2.75) is 4.83 Å². The van der Waals surface area contributed by atoms with E-state index in [0.29, 0.717) is 0 Å². The Morgan fingerprint density at radius 3 is 2.50 bits per heavy atom. The predicted octanol–water partition coefficient (Wildman–Crippen LogP) is 6.05. The normalized spacial score (nSPS) is 12.6. The van der Waals surface area contributed by atoms with Crippen molar-refractivity contribution < 1.29 is 4.74 Å². The van der Waals surface area contributed by atoms with Gasteiger partial charge in [-0.25, -0.2) is 0 Å². The van der Waals surface area contributed by atoms with Crippen molar-refractivity contribution in [3.05, 3.63) is 63.3 Å². The molecule has 0 amide bonds. The van der Waals surface area contributed by atoms with Gasteiger partial charge in [0.2, 0.25) is 0 Å². The molecule has 0 aliphatic rings. The van der Waals surface area contributed by atoms with E-state index in [1.165, 1.54) is 21.2 Å². The third-order valence-electron chi connectivity index (χ3n) is 3.21. The largest absolute Gasteiger partial charge is 0.497 e. The third-order valence-corrected chi connectivity index (χ3v) is 5.83. The second kappa shape index (κ2) is 5.76. The minimum Gasteiger partial charge on any atom is -0.497 e. The minimum atomic E-state index is 0.173. The molecule has 1 atom stereocenters. The Hall–Kier alpha value is -1.03. The molecule has 102 valence electrons. The first kappa shape index (κ1) is 13.9. The Morgan fingerprint density at radius 2 is 1.80 bits per heavy atom. The van der Waals surface area contributed by atoms with E-state index in [1.807, 2.05) is 18.2 Å². The van der Waals surface area contributed by atoms with Crippen LogP contribution >= 0.6 is 38.9 Å². The van der Waals surface area contributed by atoms with Crippen LogP contribution in [0.2, 0.25) is 4.34 Å². The first-order valence-corrected chi connectivity index (χ1v) is 8.25. The quantitative estimate of drug-likeness (QED) is 0.512. The van der Waals surface area contributed by atoms with Crippen LogP contribution in [0.15, 0.2) is 48.5 Å². The molecule has 0 aliphatic heterocycles. The Morgan fingerprint density at radius 1 is 1.05 bits per heavy atom. The SMILES string of the molecule is COc1ccc2cc(C(Br)c3ccc(Cl)s3)ccc2c1. The molecule has 0 radical (unpaired) electrons. The number of benzene rings is 2. The molecule has 20 heavy (non-hydrogen) atoms. The highest BCUT2D eigenvalue weighted by Gasteiger charge is 2.13. The van der Waals surface area contributed by atoms with Gasteiger partial charge in [0, 0.05) is 4.88 Å². The highest BCUT2D eigenvalue weighted by molar-refractivity contribution is 9.09. The fraction of sp³-hybridized carbons (Fsp3) is 0.125. The molecule has 0 spiro atoms. The lowest BCUT2D eigenvalue weighted by Crippen LogP contribution is -1.90. The maximum Gasteiger partial charge on any atom is 0.119 e. The van der Waals surface area contributed by atoms with Gasteiger partial charge in [0.05, 0.1) is 16.3 Å². The van der Waals surface area contributed by atoms with E-state index in [0.717, 1.165) is 10.1 Å². The summed E-state index contributed by atoms with van der Waals surface area (Å²) in [4.78, 5) is 1.38. The van der Waals surface area contributed by atoms with Crippen LogP contribution in [0.4, 0.5) is 0 Å². The highest BCUT2D eigenvalue weighted by atomic mass is 79.9. The monoisotopic (exact) mass is 366 g/mol. The first-order valence-electron chi connectivity index (χ1n) is 6.14. The summed E-state index contributed by atoms with van der Waals surface area (Å²) in [5, 5.41) is 2.38. The molecule has 3 aromatic rings. The minimum absolute atomic E-state index is 0.173. The zero-order chi connectivity index (χ0) is 14.1. The Bertz CT molecular complexity index is 753. The molecule has 3 rings (SSSR count). The maximum atomic E-state index is 6.00. The van der Waals surface area contributed by atoms with Crippen molar-refractivity contribution in [3.63, 3.8) is 0 Å². The zero-order valence-electron chi connectivity index (χ0n) is 10.8. The van der Waals surface area contributed by atoms with Crippen molar-refractivity contribution in [1.29, 1.82) is 0 Å². The standard InChI is InChI=1S/C16H12BrClOS/c1-19-13-5-4-10-8-12(3-2-11(10)9-13)16(17)14-6-7-15(18)20-14/h2-9,16H,1H3. The van der Waals surface area contributed by atoms with Gasteiger partial charge in [-0.05, 0) is 46.7 Å². The van der Waals surface area contributed by atoms with E-state index >= 15 is 0 Å². The van der Waals surface area contributed by atoms with Gasteiger partial charge in [-0.1, -0.05) is 45.7 Å². The molecular weight excluding hydrogens is 356 g/mol. The average Bonchev–Trinajstić information content (AvgIpc) is 2.92. The fourth-order valence-corrected chi connectivity index (χ4v) is 3.94. The highest BCUT2D eigenvalue weighted by Crippen LogP contribution is 2.38. The number of hydrogen-bond donors (Lipinski definition) is 0. The Kier molecular flexibility index (Phi) is 4.01. The van der Waals surface area contributed by atoms with Gasteiger partial charge in [-0.15, -0.1) is 11.3 Å². The third kappa shape index (κ3) is 2.71. The van der Waals surface area contributed by atoms with Gasteiger partial charge in [-0.2, -0.15) is 0 Å². The van der Waals surface area contributed by atoms with Crippen LogP contribution in [0.25, 0.3) is 10.8 Å². The summed E-state index contributed by atoms with van der Waals surface area (Å²) in [6.45, 7) is 0. The molecule has 0 N–H and O–H groups in total. The van der Waals surface area contributed by atoms with Gasteiger partial charge >= 0.3 is 0 Å². The van der Waals surface area contributed by atoms with Crippen LogP contribution in [-0.4, -0.2) is 7.11 Å². The fourth-order valence-electron chi connectivity index (χ4n) is 2.16. The van der Waals surface area contributed by atoms with Gasteiger partial charge < -0.3 is 4.74 Å². The van der Waals surface area contributed by atoms with Crippen molar-refractivity contribution in [1.82, 2.24) is 0 Å². The lowest BCUT2D eigenvalue weighted by atomic mass is 10.0. The number of fused-ring (bicyclic) bond motifs is 1. The molecule has 0 fully saturated rings. The molecule has 0 bridgehead atoms. The van der Waals surface area contributed by atoms with Crippen LogP contribution in [0.5, 0.6) is 5.75 Å². The molecule has 0 saturated carbocycles. The Balaban J connectivity index is 2.00. The van der Waals surface area contributed by atoms with Crippen molar-refractivity contribution >= 4 is 49.6 Å². The summed E-state index contributed by atoms with van der Waals surface area (Å²) in [5.74, 6) is 0.880. The summed E-state index contributed by atoms with van der Waals surface area (Å²) < 4.78 is 6.06. The summed E-state index contributed by atoms with van der Waals surface area (Å²) in [6, 6.07) is 16.6. The van der Waals surface area contributed by atoms with Crippen LogP contribution < -0.4 is 4.74 Å². The second-order valence-corrected chi connectivity index (χ2v) is 7.14. The van der Waals surface area contributed by atoms with E-state index in [2.05, 4.69) is 46.3 Å². The van der Waals surface area contributed by atoms with Gasteiger partial charge in [0.15, 0.2) is 0 Å². The van der Waals surface area contributed by atoms with Crippen molar-refractivity contribution in [2.24, 2.45) is 0 Å². The summed E-state index contributed by atoms with van der Waals surface area (Å²) >= 11 is 11.4. The maximum absolute atomic E-state index is 6.00. The summed E-state index contributed by atoms with van der Waals surface area (Å²) in [6.07, 6.45) is 0. The number of hydrogen-bond acceptors (Lipinski definition) is 2. The summed E-state index contributed by atoms with van der Waals surface area (Å²) in [7, 11) is 1.69. The van der Waals surface area contributed by atoms with Gasteiger partial charge in [-0.3, -0.25) is 0 Å². The first-order chi connectivity index (χ1) is 9.67. The number of ether oxygens (including phenoxy) is 1. The van der Waals surface area contributed by atoms with E-state index in [-0.39, 0.29) is 4.83 Å². The molecule has 0 saturated heterocycles. The van der Waals surface area contributed by atoms with E-state index in [9.17, 15) is 0 Å². The average molecular weight is 368 g/mol. The molecule has 4 heteroatoms. The van der Waals surface area contributed by atoms with E-state index in [1.54, 1.807) is 18.4 Å². The number of thiophene rings is 1. The van der Waals surface area contributed by atoms with Crippen LogP contribution in [0.3, 0.4) is 0 Å². The second-order valence-electron chi connectivity index (χ2n) is 4.48. The van der Waals surface area contributed by atoms with E-state index in [4.69, 9.17) is 16.3 Å². The van der Waals surface area contributed by atoms with Crippen molar-refractivity contribution in [2.75, 3.05) is 7.11 Å². The topological polar surface area (TPSA) is 9.23 Å². The van der Waals surface area contributed by atoms with Gasteiger partial charge in [0.1, 0.15) is 5.75 Å². The molecular formula is C16H12BrClOS. The van der Waals surface area contributed by atoms with Crippen LogP contribution in [0, 0.1) is 0 Å². The number of methoxy groups -OCH3 is 1. The van der Waals surface area contributed by atoms with Gasteiger partial charge in [0.25, 0.3) is 0 Å². The summed E-state index contributed by atoms with van der Waals surface area (Å²) in [5.41, 5.74) is 1.22. The number of rotatable bonds is 3. The molecule has 1 nitrogen and oxygen atoms in total. The van der Waals surface area contributed by atoms with E-state index < -0.39 is 0 Å². The van der Waals surface area contributed by atoms with Crippen molar-refractivity contribution in [3.8, 4) is 5.75 Å². The lowest BCUT2D eigenvalue weighted by molar-refractivity contribution is 0.415. The number of halogens is 2. The van der Waals surface area contributed by atoms with Crippen LogP contribution in [-0.2, 0) is 0 Å². The number of alkyl halides is 1. The lowest BCUT2D eigenvalue weighted by Gasteiger charge is -2.10. The zero-order valence-corrected chi connectivity index (χ0v) is 13.9. The molecule has 1 unspecified atom stereocenters. The van der Waals surface area contributed by atoms with Crippen LogP contribution in [0.1, 0.15) is 15.3 Å².